The molecule has 0 bridgehead atoms. The van der Waals surface area contributed by atoms with E-state index in [0.29, 0.717) is 29.2 Å². The molecule has 4 rings (SSSR count). The Morgan fingerprint density at radius 2 is 2.24 bits per heavy atom. The average Bonchev–Trinajstić information content (AvgIpc) is 3.25. The number of hydrogen-bond donors (Lipinski definition) is 2. The molecule has 1 aromatic carbocycles. The standard InChI is InChI=1S/C19H19FN4O/c1-11-7-12-8-17(24-18(12)22-10-11)14-9-13(4-5-15(14)20)23-19(25)16-3-2-6-21-16/h4-5,7,9-10,16,21H,2-3,6,8H2,1H3,(H,23,25)/t16-/m0/s1. The molecule has 1 fully saturated rings. The third kappa shape index (κ3) is 3.17. The lowest BCUT2D eigenvalue weighted by molar-refractivity contribution is -0.117. The normalized spacial score (nSPS) is 18.8. The van der Waals surface area contributed by atoms with Gasteiger partial charge in [0.2, 0.25) is 5.91 Å². The molecule has 6 heteroatoms. The van der Waals surface area contributed by atoms with E-state index in [1.165, 1.54) is 6.07 Å². The molecule has 1 atom stereocenters. The molecule has 1 saturated heterocycles. The van der Waals surface area contributed by atoms with E-state index in [1.807, 2.05) is 13.0 Å². The molecule has 0 unspecified atom stereocenters. The molecule has 1 aromatic heterocycles. The van der Waals surface area contributed by atoms with Gasteiger partial charge in [-0.15, -0.1) is 0 Å². The number of carbonyl (C=O) groups is 1. The van der Waals surface area contributed by atoms with Crippen LogP contribution in [0.5, 0.6) is 0 Å². The summed E-state index contributed by atoms with van der Waals surface area (Å²) in [7, 11) is 0. The topological polar surface area (TPSA) is 66.4 Å². The van der Waals surface area contributed by atoms with Gasteiger partial charge >= 0.3 is 0 Å². The van der Waals surface area contributed by atoms with Crippen LogP contribution in [0.15, 0.2) is 35.5 Å². The number of rotatable bonds is 3. The number of hydrogen-bond acceptors (Lipinski definition) is 4. The predicted octanol–water partition coefficient (Wildman–Crippen LogP) is 2.90. The van der Waals surface area contributed by atoms with Crippen LogP contribution in [-0.2, 0) is 11.2 Å². The third-order valence-corrected chi connectivity index (χ3v) is 4.60. The molecular weight excluding hydrogens is 319 g/mol. The van der Waals surface area contributed by atoms with Crippen LogP contribution < -0.4 is 10.6 Å². The van der Waals surface area contributed by atoms with Crippen molar-refractivity contribution in [3.8, 4) is 0 Å². The number of anilines is 1. The lowest BCUT2D eigenvalue weighted by Gasteiger charge is -2.12. The summed E-state index contributed by atoms with van der Waals surface area (Å²) in [5.41, 5.74) is 3.69. The molecule has 128 valence electrons. The zero-order valence-corrected chi connectivity index (χ0v) is 14.0. The maximum atomic E-state index is 14.3. The Labute approximate surface area is 145 Å². The summed E-state index contributed by atoms with van der Waals surface area (Å²) in [6.07, 6.45) is 4.12. The smallest absolute Gasteiger partial charge is 0.241 e. The Bertz CT molecular complexity index is 872. The summed E-state index contributed by atoms with van der Waals surface area (Å²) in [5, 5.41) is 6.02. The molecule has 2 aliphatic heterocycles. The molecule has 2 N–H and O–H groups in total. The second-order valence-corrected chi connectivity index (χ2v) is 6.56. The van der Waals surface area contributed by atoms with Crippen molar-refractivity contribution in [3.05, 3.63) is 53.0 Å². The number of fused-ring (bicyclic) bond motifs is 1. The Balaban J connectivity index is 1.57. The molecule has 3 heterocycles. The number of nitrogens with zero attached hydrogens (tertiary/aromatic N) is 2. The zero-order valence-electron chi connectivity index (χ0n) is 14.0. The highest BCUT2D eigenvalue weighted by Crippen LogP contribution is 2.29. The van der Waals surface area contributed by atoms with E-state index in [1.54, 1.807) is 18.3 Å². The number of nitrogens with one attached hydrogen (secondary N) is 2. The van der Waals surface area contributed by atoms with Gasteiger partial charge in [0.25, 0.3) is 0 Å². The fraction of sp³-hybridized carbons (Fsp3) is 0.316. The van der Waals surface area contributed by atoms with E-state index >= 15 is 0 Å². The largest absolute Gasteiger partial charge is 0.325 e. The summed E-state index contributed by atoms with van der Waals surface area (Å²) in [6, 6.07) is 6.45. The van der Waals surface area contributed by atoms with Crippen molar-refractivity contribution in [1.82, 2.24) is 10.3 Å². The van der Waals surface area contributed by atoms with Crippen LogP contribution in [0.1, 0.15) is 29.5 Å². The van der Waals surface area contributed by atoms with Gasteiger partial charge in [0, 0.05) is 29.4 Å². The maximum Gasteiger partial charge on any atom is 0.241 e. The van der Waals surface area contributed by atoms with Crippen molar-refractivity contribution >= 4 is 23.1 Å². The summed E-state index contributed by atoms with van der Waals surface area (Å²) in [5.74, 6) is 0.217. The number of aromatic nitrogens is 1. The first-order valence-corrected chi connectivity index (χ1v) is 8.47. The van der Waals surface area contributed by atoms with Gasteiger partial charge in [-0.25, -0.2) is 14.4 Å². The van der Waals surface area contributed by atoms with Gasteiger partial charge in [-0.05, 0) is 50.1 Å². The average molecular weight is 338 g/mol. The van der Waals surface area contributed by atoms with Gasteiger partial charge in [0.15, 0.2) is 5.82 Å². The predicted molar refractivity (Wildman–Crippen MR) is 94.9 cm³/mol. The van der Waals surface area contributed by atoms with Crippen molar-refractivity contribution in [2.24, 2.45) is 4.99 Å². The Hall–Kier alpha value is -2.60. The van der Waals surface area contributed by atoms with E-state index < -0.39 is 0 Å². The van der Waals surface area contributed by atoms with Crippen molar-refractivity contribution in [1.29, 1.82) is 0 Å². The van der Waals surface area contributed by atoms with E-state index in [0.717, 1.165) is 30.5 Å². The van der Waals surface area contributed by atoms with Crippen molar-refractivity contribution in [3.63, 3.8) is 0 Å². The first-order valence-electron chi connectivity index (χ1n) is 8.47. The van der Waals surface area contributed by atoms with Gasteiger partial charge in [0.1, 0.15) is 5.82 Å². The summed E-state index contributed by atoms with van der Waals surface area (Å²) < 4.78 is 14.3. The summed E-state index contributed by atoms with van der Waals surface area (Å²) in [6.45, 7) is 2.83. The van der Waals surface area contributed by atoms with Crippen LogP contribution in [0.4, 0.5) is 15.9 Å². The molecule has 2 aliphatic rings. The molecule has 0 saturated carbocycles. The summed E-state index contributed by atoms with van der Waals surface area (Å²) >= 11 is 0. The van der Waals surface area contributed by atoms with E-state index in [2.05, 4.69) is 20.6 Å². The highest BCUT2D eigenvalue weighted by Gasteiger charge is 2.23. The van der Waals surface area contributed by atoms with Crippen molar-refractivity contribution in [2.45, 2.75) is 32.2 Å². The number of amides is 1. The van der Waals surface area contributed by atoms with Crippen LogP contribution in [0.25, 0.3) is 0 Å². The monoisotopic (exact) mass is 338 g/mol. The third-order valence-electron chi connectivity index (χ3n) is 4.60. The molecular formula is C19H19FN4O. The second-order valence-electron chi connectivity index (χ2n) is 6.56. The van der Waals surface area contributed by atoms with Gasteiger partial charge in [-0.2, -0.15) is 0 Å². The van der Waals surface area contributed by atoms with Crippen molar-refractivity contribution < 1.29 is 9.18 Å². The van der Waals surface area contributed by atoms with E-state index in [4.69, 9.17) is 0 Å². The van der Waals surface area contributed by atoms with Gasteiger partial charge < -0.3 is 10.6 Å². The summed E-state index contributed by atoms with van der Waals surface area (Å²) in [4.78, 5) is 21.0. The minimum Gasteiger partial charge on any atom is -0.325 e. The van der Waals surface area contributed by atoms with Gasteiger partial charge in [0.05, 0.1) is 11.8 Å². The van der Waals surface area contributed by atoms with Crippen molar-refractivity contribution in [2.75, 3.05) is 11.9 Å². The first kappa shape index (κ1) is 15.9. The minimum absolute atomic E-state index is 0.0796. The molecule has 0 spiro atoms. The second kappa shape index (κ2) is 6.37. The zero-order chi connectivity index (χ0) is 17.4. The van der Waals surface area contributed by atoms with Crippen LogP contribution in [-0.4, -0.2) is 29.2 Å². The first-order chi connectivity index (χ1) is 12.1. The SMILES string of the molecule is Cc1cnc2c(c1)CC(c1cc(NC(=O)[C@@H]3CCCN3)ccc1F)=N2. The van der Waals surface area contributed by atoms with Crippen LogP contribution >= 0.6 is 0 Å². The van der Waals surface area contributed by atoms with E-state index in [-0.39, 0.29) is 17.8 Å². The van der Waals surface area contributed by atoms with Crippen LogP contribution in [0, 0.1) is 12.7 Å². The van der Waals surface area contributed by atoms with E-state index in [9.17, 15) is 9.18 Å². The van der Waals surface area contributed by atoms with Crippen LogP contribution in [0.3, 0.4) is 0 Å². The lowest BCUT2D eigenvalue weighted by atomic mass is 10.0. The maximum absolute atomic E-state index is 14.3. The molecule has 1 amide bonds. The molecule has 0 aliphatic carbocycles. The number of pyridine rings is 1. The van der Waals surface area contributed by atoms with Gasteiger partial charge in [-0.1, -0.05) is 6.07 Å². The fourth-order valence-corrected chi connectivity index (χ4v) is 3.32. The fourth-order valence-electron chi connectivity index (χ4n) is 3.32. The highest BCUT2D eigenvalue weighted by atomic mass is 19.1. The number of carbonyl (C=O) groups excluding carboxylic acids is 1. The number of aryl methyl sites for hydroxylation is 1. The Kier molecular flexibility index (Phi) is 4.05. The lowest BCUT2D eigenvalue weighted by Crippen LogP contribution is -2.35. The molecule has 2 aromatic rings. The number of benzene rings is 1. The molecule has 25 heavy (non-hydrogen) atoms. The Morgan fingerprint density at radius 3 is 3.04 bits per heavy atom. The van der Waals surface area contributed by atoms with Gasteiger partial charge in [-0.3, -0.25) is 4.79 Å². The van der Waals surface area contributed by atoms with Crippen LogP contribution in [0.2, 0.25) is 0 Å². The number of aliphatic imine (C=N–C) groups is 1. The highest BCUT2D eigenvalue weighted by molar-refractivity contribution is 6.07. The number of halogens is 1. The Morgan fingerprint density at radius 1 is 1.36 bits per heavy atom. The molecule has 5 nitrogen and oxygen atoms in total. The minimum atomic E-state index is -0.347. The quantitative estimate of drug-likeness (QED) is 0.904. The molecule has 0 radical (unpaired) electrons.